The number of aliphatic carboxylic acids is 1. The minimum absolute atomic E-state index is 0.0570. The molecule has 24 heavy (non-hydrogen) atoms. The van der Waals surface area contributed by atoms with E-state index < -0.39 is 17.4 Å². The fourth-order valence-corrected chi connectivity index (χ4v) is 2.43. The van der Waals surface area contributed by atoms with Gasteiger partial charge < -0.3 is 19.6 Å². The van der Waals surface area contributed by atoms with Crippen molar-refractivity contribution in [3.63, 3.8) is 0 Å². The summed E-state index contributed by atoms with van der Waals surface area (Å²) in [6.07, 6.45) is -0.273. The second-order valence-electron chi connectivity index (χ2n) is 5.82. The van der Waals surface area contributed by atoms with E-state index in [4.69, 9.17) is 14.3 Å². The van der Waals surface area contributed by atoms with Crippen LogP contribution in [0.15, 0.2) is 34.7 Å². The minimum atomic E-state index is -1.05. The van der Waals surface area contributed by atoms with Crippen molar-refractivity contribution < 1.29 is 23.8 Å². The van der Waals surface area contributed by atoms with Crippen molar-refractivity contribution in [2.45, 2.75) is 25.8 Å². The molecule has 0 saturated carbocycles. The first-order valence-electron chi connectivity index (χ1n) is 7.41. The highest BCUT2D eigenvalue weighted by atomic mass is 16.5. The van der Waals surface area contributed by atoms with Gasteiger partial charge in [0.15, 0.2) is 0 Å². The fraction of sp³-hybridized carbons (Fsp3) is 0.353. The molecule has 0 aliphatic heterocycles. The van der Waals surface area contributed by atoms with E-state index in [-0.39, 0.29) is 18.8 Å². The average molecular weight is 332 g/mol. The molecule has 1 atom stereocenters. The summed E-state index contributed by atoms with van der Waals surface area (Å²) in [5, 5.41) is 11.7. The number of amides is 1. The lowest BCUT2D eigenvalue weighted by Crippen LogP contribution is -2.50. The Bertz CT molecular complexity index is 726. The summed E-state index contributed by atoms with van der Waals surface area (Å²) in [6, 6.07) is 9.21. The first-order chi connectivity index (χ1) is 11.3. The Labute approximate surface area is 139 Å². The Morgan fingerprint density at radius 1 is 1.33 bits per heavy atom. The Kier molecular flexibility index (Phi) is 5.35. The molecule has 1 aromatic heterocycles. The van der Waals surface area contributed by atoms with Gasteiger partial charge in [-0.05, 0) is 26.0 Å². The van der Waals surface area contributed by atoms with Crippen LogP contribution < -0.4 is 5.32 Å². The third-order valence-electron chi connectivity index (χ3n) is 3.44. The molecule has 0 spiro atoms. The highest BCUT2D eigenvalue weighted by Crippen LogP contribution is 2.22. The van der Waals surface area contributed by atoms with E-state index in [1.165, 1.54) is 7.11 Å². The van der Waals surface area contributed by atoms with Crippen molar-refractivity contribution in [1.82, 2.24) is 10.3 Å². The monoisotopic (exact) mass is 332 g/mol. The molecule has 1 unspecified atom stereocenters. The quantitative estimate of drug-likeness (QED) is 0.806. The number of nitrogens with one attached hydrogen (secondary N) is 1. The van der Waals surface area contributed by atoms with Gasteiger partial charge in [-0.25, -0.2) is 4.98 Å². The molecule has 1 amide bonds. The summed E-state index contributed by atoms with van der Waals surface area (Å²) in [4.78, 5) is 27.8. The van der Waals surface area contributed by atoms with Gasteiger partial charge in [0, 0.05) is 12.7 Å². The molecule has 2 N–H and O–H groups in total. The maximum atomic E-state index is 12.5. The number of carboxylic acid groups (broad SMARTS) is 1. The van der Waals surface area contributed by atoms with Crippen molar-refractivity contribution in [2.24, 2.45) is 0 Å². The Balaban J connectivity index is 2.23. The van der Waals surface area contributed by atoms with Crippen molar-refractivity contribution in [2.75, 3.05) is 13.7 Å². The largest absolute Gasteiger partial charge is 0.481 e. The summed E-state index contributed by atoms with van der Waals surface area (Å²) in [7, 11) is 1.44. The molecule has 0 aliphatic carbocycles. The molecule has 2 rings (SSSR count). The van der Waals surface area contributed by atoms with Gasteiger partial charge in [-0.2, -0.15) is 0 Å². The second kappa shape index (κ2) is 7.27. The lowest BCUT2D eigenvalue weighted by Gasteiger charge is -2.27. The first-order valence-corrected chi connectivity index (χ1v) is 7.41. The highest BCUT2D eigenvalue weighted by Gasteiger charge is 2.32. The molecule has 7 nitrogen and oxygen atoms in total. The summed E-state index contributed by atoms with van der Waals surface area (Å²) in [6.45, 7) is 3.33. The van der Waals surface area contributed by atoms with Gasteiger partial charge in [0.1, 0.15) is 0 Å². The number of methoxy groups -OCH3 is 1. The number of hydrogen-bond donors (Lipinski definition) is 2. The standard InChI is InChI=1S/C17H20N2O5/c1-11-14(24-16(18-11)12-7-5-4-6-8-12)15(22)19-17(2,10-23-3)9-13(20)21/h4-8H,9-10H2,1-3H3,(H,19,22)(H,20,21). The molecule has 7 heteroatoms. The summed E-state index contributed by atoms with van der Waals surface area (Å²) in [5.41, 5.74) is 0.135. The van der Waals surface area contributed by atoms with Gasteiger partial charge in [-0.1, -0.05) is 18.2 Å². The number of ether oxygens (including phenoxy) is 1. The van der Waals surface area contributed by atoms with Crippen LogP contribution in [0.1, 0.15) is 29.6 Å². The number of carbonyl (C=O) groups excluding carboxylic acids is 1. The first kappa shape index (κ1) is 17.7. The molecule has 2 aromatic rings. The molecule has 128 valence electrons. The molecule has 0 fully saturated rings. The average Bonchev–Trinajstić information content (AvgIpc) is 2.89. The van der Waals surface area contributed by atoms with E-state index in [9.17, 15) is 9.59 Å². The second-order valence-corrected chi connectivity index (χ2v) is 5.82. The number of aryl methyl sites for hydroxylation is 1. The number of hydrogen-bond acceptors (Lipinski definition) is 5. The maximum absolute atomic E-state index is 12.5. The van der Waals surface area contributed by atoms with Crippen LogP contribution in [0.25, 0.3) is 11.5 Å². The van der Waals surface area contributed by atoms with Gasteiger partial charge in [0.05, 0.1) is 24.3 Å². The van der Waals surface area contributed by atoms with Crippen LogP contribution in [0.4, 0.5) is 0 Å². The molecular formula is C17H20N2O5. The summed E-state index contributed by atoms with van der Waals surface area (Å²) in [5.74, 6) is -1.16. The smallest absolute Gasteiger partial charge is 0.305 e. The normalized spacial score (nSPS) is 13.3. The molecular weight excluding hydrogens is 312 g/mol. The maximum Gasteiger partial charge on any atom is 0.305 e. The third-order valence-corrected chi connectivity index (χ3v) is 3.44. The summed E-state index contributed by atoms with van der Waals surface area (Å²) < 4.78 is 10.6. The zero-order valence-electron chi connectivity index (χ0n) is 13.8. The van der Waals surface area contributed by atoms with Gasteiger partial charge in [-0.15, -0.1) is 0 Å². The highest BCUT2D eigenvalue weighted by molar-refractivity contribution is 5.93. The van der Waals surface area contributed by atoms with Gasteiger partial charge in [0.25, 0.3) is 5.91 Å². The van der Waals surface area contributed by atoms with Crippen LogP contribution in [0.5, 0.6) is 0 Å². The van der Waals surface area contributed by atoms with E-state index in [1.807, 2.05) is 30.3 Å². The lowest BCUT2D eigenvalue weighted by molar-refractivity contribution is -0.139. The molecule has 0 saturated heterocycles. The number of nitrogens with zero attached hydrogens (tertiary/aromatic N) is 1. The molecule has 1 heterocycles. The number of oxazole rings is 1. The van der Waals surface area contributed by atoms with Crippen LogP contribution >= 0.6 is 0 Å². The number of carboxylic acids is 1. The summed E-state index contributed by atoms with van der Waals surface area (Å²) >= 11 is 0. The van der Waals surface area contributed by atoms with Crippen LogP contribution in [0.2, 0.25) is 0 Å². The molecule has 0 bridgehead atoms. The SMILES string of the molecule is COCC(C)(CC(=O)O)NC(=O)c1oc(-c2ccccc2)nc1C. The number of rotatable bonds is 7. The van der Waals surface area contributed by atoms with Gasteiger partial charge in [-0.3, -0.25) is 9.59 Å². The Hall–Kier alpha value is -2.67. The van der Waals surface area contributed by atoms with Gasteiger partial charge >= 0.3 is 5.97 Å². The predicted molar refractivity (Wildman–Crippen MR) is 86.7 cm³/mol. The fourth-order valence-electron chi connectivity index (χ4n) is 2.43. The van der Waals surface area contributed by atoms with E-state index in [0.29, 0.717) is 11.6 Å². The third kappa shape index (κ3) is 4.20. The van der Waals surface area contributed by atoms with E-state index >= 15 is 0 Å². The van der Waals surface area contributed by atoms with Crippen molar-refractivity contribution in [1.29, 1.82) is 0 Å². The van der Waals surface area contributed by atoms with Crippen molar-refractivity contribution in [3.8, 4) is 11.5 Å². The number of carbonyl (C=O) groups is 2. The molecule has 1 aromatic carbocycles. The van der Waals surface area contributed by atoms with E-state index in [0.717, 1.165) is 5.56 Å². The number of benzene rings is 1. The van der Waals surface area contributed by atoms with Crippen molar-refractivity contribution >= 4 is 11.9 Å². The van der Waals surface area contributed by atoms with Crippen LogP contribution in [0.3, 0.4) is 0 Å². The van der Waals surface area contributed by atoms with Crippen LogP contribution in [-0.2, 0) is 9.53 Å². The van der Waals surface area contributed by atoms with Crippen LogP contribution in [-0.4, -0.2) is 41.2 Å². The number of aromatic nitrogens is 1. The molecule has 0 radical (unpaired) electrons. The Morgan fingerprint density at radius 2 is 2.00 bits per heavy atom. The molecule has 0 aliphatic rings. The minimum Gasteiger partial charge on any atom is -0.481 e. The zero-order chi connectivity index (χ0) is 17.7. The topological polar surface area (TPSA) is 102 Å². The van der Waals surface area contributed by atoms with E-state index in [2.05, 4.69) is 10.3 Å². The van der Waals surface area contributed by atoms with Gasteiger partial charge in [0.2, 0.25) is 11.7 Å². The lowest BCUT2D eigenvalue weighted by atomic mass is 9.98. The zero-order valence-corrected chi connectivity index (χ0v) is 13.8. The van der Waals surface area contributed by atoms with Crippen molar-refractivity contribution in [3.05, 3.63) is 41.8 Å². The van der Waals surface area contributed by atoms with Crippen LogP contribution in [0, 0.1) is 6.92 Å². The van der Waals surface area contributed by atoms with E-state index in [1.54, 1.807) is 13.8 Å². The predicted octanol–water partition coefficient (Wildman–Crippen LogP) is 2.26. The Morgan fingerprint density at radius 3 is 2.58 bits per heavy atom.